The molecule has 0 saturated heterocycles. The van der Waals surface area contributed by atoms with Gasteiger partial charge >= 0.3 is 0 Å². The van der Waals surface area contributed by atoms with Gasteiger partial charge in [-0.2, -0.15) is 0 Å². The first kappa shape index (κ1) is 30.2. The van der Waals surface area contributed by atoms with E-state index in [2.05, 4.69) is 5.32 Å². The van der Waals surface area contributed by atoms with E-state index >= 15 is 0 Å². The number of amides is 2. The van der Waals surface area contributed by atoms with Gasteiger partial charge in [-0.05, 0) is 55.2 Å². The lowest BCUT2D eigenvalue weighted by atomic mass is 10.1. The van der Waals surface area contributed by atoms with E-state index in [-0.39, 0.29) is 12.5 Å². The average molecular weight is 577 g/mol. The zero-order chi connectivity index (χ0) is 27.0. The normalized spacial score (nSPS) is 12.2. The molecule has 0 aromatic heterocycles. The smallest absolute Gasteiger partial charge is 0.244 e. The van der Waals surface area contributed by atoms with Gasteiger partial charge in [-0.3, -0.25) is 13.9 Å². The van der Waals surface area contributed by atoms with Crippen LogP contribution in [0, 0.1) is 6.92 Å². The van der Waals surface area contributed by atoms with Gasteiger partial charge in [-0.15, -0.1) is 0 Å². The van der Waals surface area contributed by atoms with Gasteiger partial charge in [0, 0.05) is 28.2 Å². The molecule has 11 heteroatoms. The van der Waals surface area contributed by atoms with E-state index in [1.807, 2.05) is 6.92 Å². The van der Waals surface area contributed by atoms with Crippen molar-refractivity contribution in [3.8, 4) is 0 Å². The molecular weight excluding hydrogens is 545 g/mol. The molecule has 0 aliphatic rings. The standard InChI is InChI=1S/C25H32Cl3N3O4S/c1-5-7-13-29-25(33)22(6-2)30(15-18-11-12-19(26)14-21(18)28)24(32)16-31(36(4,34)35)23-10-8-9-20(27)17(23)3/h8-12,14,22H,5-7,13,15-16H2,1-4H3,(H,29,33)/t22-/m0/s1. The summed E-state index contributed by atoms with van der Waals surface area (Å²) in [6.45, 7) is 5.46. The molecule has 0 fully saturated rings. The molecule has 0 unspecified atom stereocenters. The summed E-state index contributed by atoms with van der Waals surface area (Å²) < 4.78 is 26.5. The van der Waals surface area contributed by atoms with Gasteiger partial charge in [-0.1, -0.05) is 67.2 Å². The third-order valence-electron chi connectivity index (χ3n) is 5.76. The van der Waals surface area contributed by atoms with Crippen LogP contribution in [0.5, 0.6) is 0 Å². The Balaban J connectivity index is 2.48. The van der Waals surface area contributed by atoms with Gasteiger partial charge in [0.2, 0.25) is 21.8 Å². The summed E-state index contributed by atoms with van der Waals surface area (Å²) in [4.78, 5) is 28.2. The maximum Gasteiger partial charge on any atom is 0.244 e. The number of carbonyl (C=O) groups excluding carboxylic acids is 2. The minimum atomic E-state index is -3.86. The van der Waals surface area contributed by atoms with Crippen LogP contribution in [0.15, 0.2) is 36.4 Å². The number of nitrogens with one attached hydrogen (secondary N) is 1. The van der Waals surface area contributed by atoms with Crippen LogP contribution >= 0.6 is 34.8 Å². The van der Waals surface area contributed by atoms with Gasteiger partial charge in [0.15, 0.2) is 0 Å². The molecule has 2 amide bonds. The second-order valence-electron chi connectivity index (χ2n) is 8.48. The Morgan fingerprint density at radius 3 is 2.33 bits per heavy atom. The first-order valence-electron chi connectivity index (χ1n) is 11.6. The Bertz CT molecular complexity index is 1190. The van der Waals surface area contributed by atoms with Crippen LogP contribution in [-0.2, 0) is 26.2 Å². The number of hydrogen-bond acceptors (Lipinski definition) is 4. The predicted octanol–water partition coefficient (Wildman–Crippen LogP) is 5.44. The Labute approximate surface area is 228 Å². The molecule has 0 spiro atoms. The Morgan fingerprint density at radius 1 is 1.06 bits per heavy atom. The van der Waals surface area contributed by atoms with Gasteiger partial charge < -0.3 is 10.2 Å². The molecule has 7 nitrogen and oxygen atoms in total. The molecule has 2 aromatic carbocycles. The second-order valence-corrected chi connectivity index (χ2v) is 11.6. The van der Waals surface area contributed by atoms with Crippen molar-refractivity contribution >= 4 is 62.3 Å². The highest BCUT2D eigenvalue weighted by molar-refractivity contribution is 7.92. The fraction of sp³-hybridized carbons (Fsp3) is 0.440. The summed E-state index contributed by atoms with van der Waals surface area (Å²) in [7, 11) is -3.86. The molecule has 36 heavy (non-hydrogen) atoms. The highest BCUT2D eigenvalue weighted by atomic mass is 35.5. The third kappa shape index (κ3) is 8.00. The van der Waals surface area contributed by atoms with Crippen LogP contribution in [-0.4, -0.2) is 50.5 Å². The molecular formula is C25H32Cl3N3O4S. The van der Waals surface area contributed by atoms with E-state index in [0.717, 1.165) is 23.4 Å². The molecule has 0 radical (unpaired) electrons. The molecule has 0 saturated carbocycles. The van der Waals surface area contributed by atoms with E-state index in [9.17, 15) is 18.0 Å². The maximum absolute atomic E-state index is 13.7. The molecule has 1 atom stereocenters. The fourth-order valence-corrected chi connectivity index (χ4v) is 5.26. The molecule has 0 bridgehead atoms. The summed E-state index contributed by atoms with van der Waals surface area (Å²) >= 11 is 18.6. The minimum Gasteiger partial charge on any atom is -0.354 e. The monoisotopic (exact) mass is 575 g/mol. The van der Waals surface area contributed by atoms with Crippen LogP contribution < -0.4 is 9.62 Å². The average Bonchev–Trinajstić information content (AvgIpc) is 2.80. The van der Waals surface area contributed by atoms with E-state index in [1.165, 1.54) is 4.90 Å². The third-order valence-corrected chi connectivity index (χ3v) is 7.88. The number of rotatable bonds is 12. The van der Waals surface area contributed by atoms with Crippen molar-refractivity contribution in [2.24, 2.45) is 0 Å². The lowest BCUT2D eigenvalue weighted by Gasteiger charge is -2.33. The maximum atomic E-state index is 13.7. The van der Waals surface area contributed by atoms with E-state index < -0.39 is 28.5 Å². The van der Waals surface area contributed by atoms with Gasteiger partial charge in [0.1, 0.15) is 12.6 Å². The largest absolute Gasteiger partial charge is 0.354 e. The van der Waals surface area contributed by atoms with Crippen LogP contribution in [0.3, 0.4) is 0 Å². The van der Waals surface area contributed by atoms with E-state index in [1.54, 1.807) is 50.2 Å². The van der Waals surface area contributed by atoms with Crippen molar-refractivity contribution < 1.29 is 18.0 Å². The van der Waals surface area contributed by atoms with Crippen LogP contribution in [0.25, 0.3) is 0 Å². The highest BCUT2D eigenvalue weighted by Crippen LogP contribution is 2.29. The first-order chi connectivity index (χ1) is 16.9. The highest BCUT2D eigenvalue weighted by Gasteiger charge is 2.32. The molecule has 2 rings (SSSR count). The van der Waals surface area contributed by atoms with Crippen LogP contribution in [0.4, 0.5) is 5.69 Å². The number of sulfonamides is 1. The molecule has 0 heterocycles. The van der Waals surface area contributed by atoms with Crippen molar-refractivity contribution in [1.82, 2.24) is 10.2 Å². The summed E-state index contributed by atoms with van der Waals surface area (Å²) in [6, 6.07) is 8.91. The Kier molecular flexibility index (Phi) is 11.3. The molecule has 1 N–H and O–H groups in total. The summed E-state index contributed by atoms with van der Waals surface area (Å²) in [5, 5.41) is 4.03. The van der Waals surface area contributed by atoms with Crippen molar-refractivity contribution in [3.05, 3.63) is 62.6 Å². The second kappa shape index (κ2) is 13.5. The molecule has 0 aliphatic heterocycles. The number of benzene rings is 2. The zero-order valence-corrected chi connectivity index (χ0v) is 23.9. The lowest BCUT2D eigenvalue weighted by Crippen LogP contribution is -2.52. The van der Waals surface area contributed by atoms with Gasteiger partial charge in [0.25, 0.3) is 0 Å². The lowest BCUT2D eigenvalue weighted by molar-refractivity contribution is -0.140. The van der Waals surface area contributed by atoms with Crippen molar-refractivity contribution in [3.63, 3.8) is 0 Å². The van der Waals surface area contributed by atoms with Crippen LogP contribution in [0.1, 0.15) is 44.2 Å². The van der Waals surface area contributed by atoms with Crippen molar-refractivity contribution in [2.45, 2.75) is 52.6 Å². The predicted molar refractivity (Wildman–Crippen MR) is 147 cm³/mol. The topological polar surface area (TPSA) is 86.8 Å². The Morgan fingerprint density at radius 2 is 1.75 bits per heavy atom. The molecule has 198 valence electrons. The number of nitrogens with zero attached hydrogens (tertiary/aromatic N) is 2. The van der Waals surface area contributed by atoms with Crippen molar-refractivity contribution in [1.29, 1.82) is 0 Å². The zero-order valence-electron chi connectivity index (χ0n) is 20.9. The first-order valence-corrected chi connectivity index (χ1v) is 14.6. The molecule has 0 aliphatic carbocycles. The van der Waals surface area contributed by atoms with E-state index in [0.29, 0.717) is 44.8 Å². The van der Waals surface area contributed by atoms with Gasteiger partial charge in [0.05, 0.1) is 11.9 Å². The number of halogens is 3. The number of hydrogen-bond donors (Lipinski definition) is 1. The van der Waals surface area contributed by atoms with Crippen molar-refractivity contribution in [2.75, 3.05) is 23.7 Å². The van der Waals surface area contributed by atoms with Gasteiger partial charge in [-0.25, -0.2) is 8.42 Å². The van der Waals surface area contributed by atoms with Crippen LogP contribution in [0.2, 0.25) is 15.1 Å². The SMILES string of the molecule is CCCCNC(=O)[C@H](CC)N(Cc1ccc(Cl)cc1Cl)C(=O)CN(c1cccc(Cl)c1C)S(C)(=O)=O. The number of unbranched alkanes of at least 4 members (excludes halogenated alkanes) is 1. The van der Waals surface area contributed by atoms with E-state index in [4.69, 9.17) is 34.8 Å². The quantitative estimate of drug-likeness (QED) is 0.341. The molecule has 2 aromatic rings. The fourth-order valence-electron chi connectivity index (χ4n) is 3.72. The summed E-state index contributed by atoms with van der Waals surface area (Å²) in [6.07, 6.45) is 3.05. The summed E-state index contributed by atoms with van der Waals surface area (Å²) in [5.74, 6) is -0.863. The minimum absolute atomic E-state index is 0.000665. The Hall–Kier alpha value is -2.00. The summed E-state index contributed by atoms with van der Waals surface area (Å²) in [5.41, 5.74) is 1.40. The number of anilines is 1. The number of carbonyl (C=O) groups is 2.